The molecule has 0 spiro atoms. The Morgan fingerprint density at radius 1 is 1.38 bits per heavy atom. The van der Waals surface area contributed by atoms with Crippen LogP contribution in [0.5, 0.6) is 0 Å². The minimum Gasteiger partial charge on any atom is -0.339 e. The maximum Gasteiger partial charge on any atom is 0.245 e. The molecule has 3 rings (SSSR count). The summed E-state index contributed by atoms with van der Waals surface area (Å²) >= 11 is 0. The molecule has 1 unspecified atom stereocenters. The van der Waals surface area contributed by atoms with Crippen LogP contribution in [0, 0.1) is 19.8 Å². The van der Waals surface area contributed by atoms with Gasteiger partial charge in [-0.2, -0.15) is 10.1 Å². The summed E-state index contributed by atoms with van der Waals surface area (Å²) in [5, 5.41) is 11.9. The third-order valence-corrected chi connectivity index (χ3v) is 4.35. The molecule has 7 nitrogen and oxygen atoms in total. The Hall–Kier alpha value is -1.89. The molecule has 2 aromatic heterocycles. The Morgan fingerprint density at radius 2 is 2.19 bits per heavy atom. The second-order valence-corrected chi connectivity index (χ2v) is 5.84. The molecule has 0 bridgehead atoms. The van der Waals surface area contributed by atoms with Gasteiger partial charge in [0.1, 0.15) is 0 Å². The topological polar surface area (TPSA) is 88.7 Å². The van der Waals surface area contributed by atoms with Crippen LogP contribution in [0.25, 0.3) is 11.4 Å². The highest BCUT2D eigenvalue weighted by molar-refractivity contribution is 5.62. The van der Waals surface area contributed by atoms with Gasteiger partial charge in [0.15, 0.2) is 5.82 Å². The standard InChI is InChI=1S/C14H23N7/c1-9-12(10(2)20(3)19-9)13-16-14(18-17-13)21-6-4-5-11(7-15)8-21/h11H,4-8,15H2,1-3H3,(H,16,17,18). The lowest BCUT2D eigenvalue weighted by Crippen LogP contribution is -2.38. The molecule has 1 aliphatic rings. The number of nitrogens with two attached hydrogens (primary N) is 1. The summed E-state index contributed by atoms with van der Waals surface area (Å²) in [7, 11) is 1.94. The maximum atomic E-state index is 5.80. The van der Waals surface area contributed by atoms with E-state index in [4.69, 9.17) is 5.73 Å². The number of hydrogen-bond acceptors (Lipinski definition) is 5. The Labute approximate surface area is 124 Å². The van der Waals surface area contributed by atoms with Crippen molar-refractivity contribution in [3.8, 4) is 11.4 Å². The van der Waals surface area contributed by atoms with Crippen LogP contribution < -0.4 is 10.6 Å². The van der Waals surface area contributed by atoms with Gasteiger partial charge in [0, 0.05) is 25.8 Å². The smallest absolute Gasteiger partial charge is 0.245 e. The minimum atomic E-state index is 0.544. The van der Waals surface area contributed by atoms with Crippen LogP contribution in [0.15, 0.2) is 0 Å². The Kier molecular flexibility index (Phi) is 3.67. The van der Waals surface area contributed by atoms with E-state index in [0.29, 0.717) is 5.92 Å². The van der Waals surface area contributed by atoms with E-state index in [0.717, 1.165) is 54.8 Å². The first-order valence-electron chi connectivity index (χ1n) is 7.48. The molecule has 0 aliphatic carbocycles. The van der Waals surface area contributed by atoms with Crippen molar-refractivity contribution >= 4 is 5.95 Å². The van der Waals surface area contributed by atoms with E-state index in [-0.39, 0.29) is 0 Å². The van der Waals surface area contributed by atoms with Gasteiger partial charge in [0.25, 0.3) is 0 Å². The lowest BCUT2D eigenvalue weighted by Gasteiger charge is -2.31. The van der Waals surface area contributed by atoms with Gasteiger partial charge in [0.05, 0.1) is 11.3 Å². The lowest BCUT2D eigenvalue weighted by atomic mass is 9.99. The molecule has 1 atom stereocenters. The second kappa shape index (κ2) is 5.48. The molecule has 0 saturated carbocycles. The molecule has 0 aromatic carbocycles. The number of H-pyrrole nitrogens is 1. The summed E-state index contributed by atoms with van der Waals surface area (Å²) in [5.74, 6) is 2.11. The summed E-state index contributed by atoms with van der Waals surface area (Å²) in [6.07, 6.45) is 2.35. The van der Waals surface area contributed by atoms with Gasteiger partial charge in [-0.25, -0.2) is 0 Å². The summed E-state index contributed by atoms with van der Waals surface area (Å²) in [4.78, 5) is 6.90. The molecule has 21 heavy (non-hydrogen) atoms. The minimum absolute atomic E-state index is 0.544. The van der Waals surface area contributed by atoms with E-state index in [1.807, 2.05) is 25.6 Å². The fourth-order valence-corrected chi connectivity index (χ4v) is 3.06. The van der Waals surface area contributed by atoms with E-state index in [9.17, 15) is 0 Å². The number of nitrogens with one attached hydrogen (secondary N) is 1. The van der Waals surface area contributed by atoms with Gasteiger partial charge in [-0.15, -0.1) is 5.10 Å². The average molecular weight is 289 g/mol. The molecule has 114 valence electrons. The van der Waals surface area contributed by atoms with Gasteiger partial charge < -0.3 is 10.6 Å². The van der Waals surface area contributed by atoms with Gasteiger partial charge in [0.2, 0.25) is 5.95 Å². The quantitative estimate of drug-likeness (QED) is 0.880. The number of anilines is 1. The number of piperidine rings is 1. The second-order valence-electron chi connectivity index (χ2n) is 5.84. The maximum absolute atomic E-state index is 5.80. The fourth-order valence-electron chi connectivity index (χ4n) is 3.06. The molecule has 7 heteroatoms. The molecule has 0 amide bonds. The van der Waals surface area contributed by atoms with Crippen molar-refractivity contribution in [3.05, 3.63) is 11.4 Å². The summed E-state index contributed by atoms with van der Waals surface area (Å²) in [6, 6.07) is 0. The third kappa shape index (κ3) is 2.53. The monoisotopic (exact) mass is 289 g/mol. The zero-order valence-electron chi connectivity index (χ0n) is 12.9. The highest BCUT2D eigenvalue weighted by Gasteiger charge is 2.23. The molecule has 2 aromatic rings. The van der Waals surface area contributed by atoms with Gasteiger partial charge in [-0.05, 0) is 39.2 Å². The van der Waals surface area contributed by atoms with E-state index in [1.165, 1.54) is 6.42 Å². The summed E-state index contributed by atoms with van der Waals surface area (Å²) in [5.41, 5.74) is 8.90. The van der Waals surface area contributed by atoms with E-state index >= 15 is 0 Å². The zero-order chi connectivity index (χ0) is 15.0. The molecular formula is C14H23N7. The zero-order valence-corrected chi connectivity index (χ0v) is 12.9. The van der Waals surface area contributed by atoms with Crippen LogP contribution >= 0.6 is 0 Å². The average Bonchev–Trinajstić information content (AvgIpc) is 3.05. The summed E-state index contributed by atoms with van der Waals surface area (Å²) < 4.78 is 1.87. The number of aromatic nitrogens is 5. The third-order valence-electron chi connectivity index (χ3n) is 4.35. The van der Waals surface area contributed by atoms with E-state index < -0.39 is 0 Å². The van der Waals surface area contributed by atoms with Crippen molar-refractivity contribution in [1.29, 1.82) is 0 Å². The van der Waals surface area contributed by atoms with Crippen molar-refractivity contribution in [3.63, 3.8) is 0 Å². The first-order chi connectivity index (χ1) is 10.1. The first kappa shape index (κ1) is 14.1. The van der Waals surface area contributed by atoms with Crippen LogP contribution in [0.1, 0.15) is 24.2 Å². The molecule has 1 fully saturated rings. The van der Waals surface area contributed by atoms with E-state index in [1.54, 1.807) is 0 Å². The van der Waals surface area contributed by atoms with Crippen molar-refractivity contribution in [2.24, 2.45) is 18.7 Å². The predicted octanol–water partition coefficient (Wildman–Crippen LogP) is 0.997. The van der Waals surface area contributed by atoms with Gasteiger partial charge in [-0.1, -0.05) is 0 Å². The van der Waals surface area contributed by atoms with Gasteiger partial charge >= 0.3 is 0 Å². The van der Waals surface area contributed by atoms with Crippen molar-refractivity contribution in [1.82, 2.24) is 25.0 Å². The van der Waals surface area contributed by atoms with Crippen LogP contribution in [0.3, 0.4) is 0 Å². The highest BCUT2D eigenvalue weighted by atomic mass is 15.4. The molecule has 1 aliphatic heterocycles. The normalized spacial score (nSPS) is 19.2. The molecule has 0 radical (unpaired) electrons. The molecule has 1 saturated heterocycles. The fraction of sp³-hybridized carbons (Fsp3) is 0.643. The van der Waals surface area contributed by atoms with Crippen molar-refractivity contribution in [2.75, 3.05) is 24.5 Å². The Morgan fingerprint density at radius 3 is 2.86 bits per heavy atom. The number of aryl methyl sites for hydroxylation is 2. The van der Waals surface area contributed by atoms with Crippen LogP contribution in [0.4, 0.5) is 5.95 Å². The largest absolute Gasteiger partial charge is 0.339 e. The number of rotatable bonds is 3. The number of hydrogen-bond donors (Lipinski definition) is 2. The molecule has 3 heterocycles. The number of nitrogens with zero attached hydrogens (tertiary/aromatic N) is 5. The summed E-state index contributed by atoms with van der Waals surface area (Å²) in [6.45, 7) is 6.71. The first-order valence-corrected chi connectivity index (χ1v) is 7.48. The molecule has 3 N–H and O–H groups in total. The predicted molar refractivity (Wildman–Crippen MR) is 82.1 cm³/mol. The van der Waals surface area contributed by atoms with Crippen LogP contribution in [0.2, 0.25) is 0 Å². The Balaban J connectivity index is 1.86. The van der Waals surface area contributed by atoms with Crippen molar-refractivity contribution < 1.29 is 0 Å². The highest BCUT2D eigenvalue weighted by Crippen LogP contribution is 2.26. The SMILES string of the molecule is Cc1nn(C)c(C)c1-c1nc(N2CCCC(CN)C2)n[nH]1. The van der Waals surface area contributed by atoms with Crippen LogP contribution in [-0.2, 0) is 7.05 Å². The van der Waals surface area contributed by atoms with Gasteiger partial charge in [-0.3, -0.25) is 9.78 Å². The lowest BCUT2D eigenvalue weighted by molar-refractivity contribution is 0.420. The molecular weight excluding hydrogens is 266 g/mol. The Bertz CT molecular complexity index is 627. The van der Waals surface area contributed by atoms with E-state index in [2.05, 4.69) is 25.2 Å². The van der Waals surface area contributed by atoms with Crippen LogP contribution in [-0.4, -0.2) is 44.6 Å². The van der Waals surface area contributed by atoms with Crippen molar-refractivity contribution in [2.45, 2.75) is 26.7 Å². The number of aromatic amines is 1.